The lowest BCUT2D eigenvalue weighted by atomic mass is 10.0. The predicted octanol–water partition coefficient (Wildman–Crippen LogP) is 1.43. The van der Waals surface area contributed by atoms with Crippen LogP contribution in [0.25, 0.3) is 0 Å². The molecule has 2 saturated heterocycles. The van der Waals surface area contributed by atoms with E-state index in [1.807, 2.05) is 0 Å². The van der Waals surface area contributed by atoms with E-state index < -0.39 is 10.0 Å². The molecule has 1 aromatic carbocycles. The highest BCUT2D eigenvalue weighted by Crippen LogP contribution is 2.31. The number of hydrogen-bond donors (Lipinski definition) is 1. The monoisotopic (exact) mass is 381 g/mol. The first kappa shape index (κ1) is 19.1. The molecule has 0 radical (unpaired) electrons. The molecule has 2 fully saturated rings. The number of methoxy groups -OCH3 is 1. The number of nitrogens with zero attached hydrogens (tertiary/aromatic N) is 2. The summed E-state index contributed by atoms with van der Waals surface area (Å²) in [5.74, 6) is 0.100. The van der Waals surface area contributed by atoms with Gasteiger partial charge in [0, 0.05) is 37.8 Å². The van der Waals surface area contributed by atoms with Crippen LogP contribution in [-0.4, -0.2) is 62.9 Å². The van der Waals surface area contributed by atoms with Crippen molar-refractivity contribution in [3.8, 4) is 5.75 Å². The van der Waals surface area contributed by atoms with Gasteiger partial charge in [-0.3, -0.25) is 4.79 Å². The summed E-state index contributed by atoms with van der Waals surface area (Å²) < 4.78 is 32.7. The Morgan fingerprint density at radius 1 is 1.19 bits per heavy atom. The van der Waals surface area contributed by atoms with Gasteiger partial charge in [0.1, 0.15) is 10.6 Å². The standard InChI is InChI=1S/C18H27N3O4S/c1-25-16-8-7-14(18(22)21-11-3-2-6-15(21)13-19)12-17(16)26(23,24)20-9-4-5-10-20/h7-8,12,15H,2-6,9-11,13,19H2,1H3. The zero-order valence-corrected chi connectivity index (χ0v) is 16.0. The van der Waals surface area contributed by atoms with E-state index in [2.05, 4.69) is 0 Å². The molecule has 1 unspecified atom stereocenters. The second-order valence-corrected chi connectivity index (χ2v) is 8.77. The minimum Gasteiger partial charge on any atom is -0.495 e. The molecule has 0 bridgehead atoms. The number of sulfonamides is 1. The number of hydrogen-bond acceptors (Lipinski definition) is 5. The SMILES string of the molecule is COc1ccc(C(=O)N2CCCCC2CN)cc1S(=O)(=O)N1CCCC1. The van der Waals surface area contributed by atoms with E-state index in [9.17, 15) is 13.2 Å². The molecule has 0 aromatic heterocycles. The molecule has 26 heavy (non-hydrogen) atoms. The second kappa shape index (κ2) is 7.94. The highest BCUT2D eigenvalue weighted by molar-refractivity contribution is 7.89. The van der Waals surface area contributed by atoms with E-state index in [4.69, 9.17) is 10.5 Å². The molecule has 144 valence electrons. The number of likely N-dealkylation sites (tertiary alicyclic amines) is 1. The van der Waals surface area contributed by atoms with Crippen LogP contribution in [0.5, 0.6) is 5.75 Å². The number of piperidine rings is 1. The van der Waals surface area contributed by atoms with Crippen LogP contribution < -0.4 is 10.5 Å². The number of rotatable bonds is 5. The van der Waals surface area contributed by atoms with Crippen molar-refractivity contribution in [3.63, 3.8) is 0 Å². The zero-order valence-electron chi connectivity index (χ0n) is 15.2. The quantitative estimate of drug-likeness (QED) is 0.833. The maximum atomic E-state index is 13.0. The maximum absolute atomic E-state index is 13.0. The summed E-state index contributed by atoms with van der Waals surface area (Å²) in [5.41, 5.74) is 6.19. The molecule has 2 aliphatic heterocycles. The summed E-state index contributed by atoms with van der Waals surface area (Å²) in [6, 6.07) is 4.66. The number of nitrogens with two attached hydrogens (primary N) is 1. The van der Waals surface area contributed by atoms with Crippen molar-refractivity contribution in [2.45, 2.75) is 43.0 Å². The summed E-state index contributed by atoms with van der Waals surface area (Å²) in [6.07, 6.45) is 4.59. The molecule has 1 atom stereocenters. The van der Waals surface area contributed by atoms with Crippen molar-refractivity contribution < 1.29 is 17.9 Å². The minimum atomic E-state index is -3.67. The van der Waals surface area contributed by atoms with Gasteiger partial charge >= 0.3 is 0 Å². The fourth-order valence-electron chi connectivity index (χ4n) is 3.76. The van der Waals surface area contributed by atoms with Crippen LogP contribution in [0.2, 0.25) is 0 Å². The molecular weight excluding hydrogens is 354 g/mol. The van der Waals surface area contributed by atoms with Gasteiger partial charge in [-0.1, -0.05) is 0 Å². The van der Waals surface area contributed by atoms with Crippen molar-refractivity contribution in [3.05, 3.63) is 23.8 Å². The Balaban J connectivity index is 1.95. The minimum absolute atomic E-state index is 0.0111. The van der Waals surface area contributed by atoms with E-state index in [-0.39, 0.29) is 22.6 Å². The molecule has 1 amide bonds. The van der Waals surface area contributed by atoms with Gasteiger partial charge in [0.05, 0.1) is 7.11 Å². The van der Waals surface area contributed by atoms with Crippen LogP contribution in [0.4, 0.5) is 0 Å². The predicted molar refractivity (Wildman–Crippen MR) is 98.7 cm³/mol. The Labute approximate surface area is 155 Å². The van der Waals surface area contributed by atoms with E-state index in [1.165, 1.54) is 17.5 Å². The molecular formula is C18H27N3O4S. The highest BCUT2D eigenvalue weighted by Gasteiger charge is 2.32. The number of carbonyl (C=O) groups is 1. The summed E-state index contributed by atoms with van der Waals surface area (Å²) in [4.78, 5) is 14.8. The summed E-state index contributed by atoms with van der Waals surface area (Å²) in [7, 11) is -2.23. The molecule has 3 rings (SSSR count). The number of carbonyl (C=O) groups excluding carboxylic acids is 1. The second-order valence-electron chi connectivity index (χ2n) is 6.86. The van der Waals surface area contributed by atoms with Gasteiger partial charge in [0.2, 0.25) is 10.0 Å². The lowest BCUT2D eigenvalue weighted by Crippen LogP contribution is -2.47. The van der Waals surface area contributed by atoms with Gasteiger partial charge < -0.3 is 15.4 Å². The third kappa shape index (κ3) is 3.58. The molecule has 7 nitrogen and oxygen atoms in total. The normalized spacial score (nSPS) is 21.8. The van der Waals surface area contributed by atoms with Crippen LogP contribution in [0.3, 0.4) is 0 Å². The van der Waals surface area contributed by atoms with Gasteiger partial charge in [-0.2, -0.15) is 4.31 Å². The third-order valence-corrected chi connectivity index (χ3v) is 7.17. The summed E-state index contributed by atoms with van der Waals surface area (Å²) >= 11 is 0. The van der Waals surface area contributed by atoms with Gasteiger partial charge in [0.15, 0.2) is 0 Å². The number of amides is 1. The molecule has 0 saturated carbocycles. The van der Waals surface area contributed by atoms with Gasteiger partial charge in [0.25, 0.3) is 5.91 Å². The largest absolute Gasteiger partial charge is 0.495 e. The topological polar surface area (TPSA) is 92.9 Å². The average Bonchev–Trinajstić information content (AvgIpc) is 3.22. The van der Waals surface area contributed by atoms with E-state index in [1.54, 1.807) is 17.0 Å². The highest BCUT2D eigenvalue weighted by atomic mass is 32.2. The van der Waals surface area contributed by atoms with E-state index in [0.717, 1.165) is 32.1 Å². The van der Waals surface area contributed by atoms with Crippen molar-refractivity contribution in [1.29, 1.82) is 0 Å². The molecule has 2 heterocycles. The Morgan fingerprint density at radius 2 is 1.88 bits per heavy atom. The fraction of sp³-hybridized carbons (Fsp3) is 0.611. The first-order valence-corrected chi connectivity index (χ1v) is 10.6. The van der Waals surface area contributed by atoms with Crippen LogP contribution in [0.1, 0.15) is 42.5 Å². The Hall–Kier alpha value is -1.64. The van der Waals surface area contributed by atoms with E-state index >= 15 is 0 Å². The first-order chi connectivity index (χ1) is 12.5. The smallest absolute Gasteiger partial charge is 0.254 e. The van der Waals surface area contributed by atoms with Crippen LogP contribution in [0, 0.1) is 0 Å². The molecule has 2 N–H and O–H groups in total. The van der Waals surface area contributed by atoms with E-state index in [0.29, 0.717) is 31.7 Å². The van der Waals surface area contributed by atoms with Gasteiger partial charge in [-0.15, -0.1) is 0 Å². The van der Waals surface area contributed by atoms with Crippen LogP contribution in [0.15, 0.2) is 23.1 Å². The molecule has 2 aliphatic rings. The van der Waals surface area contributed by atoms with Crippen molar-refractivity contribution in [1.82, 2.24) is 9.21 Å². The Morgan fingerprint density at radius 3 is 2.54 bits per heavy atom. The maximum Gasteiger partial charge on any atom is 0.254 e. The summed E-state index contributed by atoms with van der Waals surface area (Å²) in [5, 5.41) is 0. The molecule has 0 spiro atoms. The van der Waals surface area contributed by atoms with Crippen LogP contribution in [-0.2, 0) is 10.0 Å². The average molecular weight is 381 g/mol. The Kier molecular flexibility index (Phi) is 5.84. The first-order valence-electron chi connectivity index (χ1n) is 9.18. The summed E-state index contributed by atoms with van der Waals surface area (Å²) in [6.45, 7) is 2.08. The van der Waals surface area contributed by atoms with Crippen molar-refractivity contribution in [2.24, 2.45) is 5.73 Å². The molecule has 8 heteroatoms. The lowest BCUT2D eigenvalue weighted by Gasteiger charge is -2.35. The molecule has 0 aliphatic carbocycles. The number of benzene rings is 1. The third-order valence-electron chi connectivity index (χ3n) is 5.25. The zero-order chi connectivity index (χ0) is 18.7. The van der Waals surface area contributed by atoms with Gasteiger partial charge in [-0.25, -0.2) is 8.42 Å². The molecule has 1 aromatic rings. The van der Waals surface area contributed by atoms with Crippen molar-refractivity contribution in [2.75, 3.05) is 33.3 Å². The van der Waals surface area contributed by atoms with Crippen molar-refractivity contribution >= 4 is 15.9 Å². The van der Waals surface area contributed by atoms with Gasteiger partial charge in [-0.05, 0) is 50.3 Å². The lowest BCUT2D eigenvalue weighted by molar-refractivity contribution is 0.0623. The fourth-order valence-corrected chi connectivity index (χ4v) is 5.46. The van der Waals surface area contributed by atoms with Crippen LogP contribution >= 0.6 is 0 Å². The number of ether oxygens (including phenoxy) is 1. The Bertz CT molecular complexity index is 760.